The molecule has 1 unspecified atom stereocenters. The van der Waals surface area contributed by atoms with Gasteiger partial charge in [-0.3, -0.25) is 0 Å². The van der Waals surface area contributed by atoms with Gasteiger partial charge in [0.2, 0.25) is 0 Å². The number of morpholine rings is 1. The van der Waals surface area contributed by atoms with E-state index < -0.39 is 0 Å². The predicted octanol–water partition coefficient (Wildman–Crippen LogP) is 0.704. The Bertz CT molecular complexity index is 562. The van der Waals surface area contributed by atoms with E-state index >= 15 is 0 Å². The highest BCUT2D eigenvalue weighted by molar-refractivity contribution is 7.80. The van der Waals surface area contributed by atoms with Crippen LogP contribution >= 0.6 is 12.2 Å². The zero-order valence-electron chi connectivity index (χ0n) is 12.9. The van der Waals surface area contributed by atoms with Gasteiger partial charge in [0.25, 0.3) is 0 Å². The maximum absolute atomic E-state index is 9.43. The van der Waals surface area contributed by atoms with Gasteiger partial charge >= 0.3 is 0 Å². The first-order valence-electron chi connectivity index (χ1n) is 6.92. The first-order valence-corrected chi connectivity index (χ1v) is 7.33. The fourth-order valence-electron chi connectivity index (χ4n) is 2.66. The van der Waals surface area contributed by atoms with Crippen molar-refractivity contribution >= 4 is 23.0 Å². The fraction of sp³-hybridized carbons (Fsp3) is 0.643. The van der Waals surface area contributed by atoms with Crippen molar-refractivity contribution in [3.63, 3.8) is 0 Å². The van der Waals surface area contributed by atoms with Crippen LogP contribution in [0.3, 0.4) is 0 Å². The van der Waals surface area contributed by atoms with Crippen LogP contribution in [0, 0.1) is 13.8 Å². The van der Waals surface area contributed by atoms with E-state index in [2.05, 4.69) is 10.2 Å². The summed E-state index contributed by atoms with van der Waals surface area (Å²) in [5.74, 6) is 0.667. The highest BCUT2D eigenvalue weighted by atomic mass is 32.1. The van der Waals surface area contributed by atoms with Crippen molar-refractivity contribution in [1.29, 1.82) is 0 Å². The van der Waals surface area contributed by atoms with Gasteiger partial charge in [-0.25, -0.2) is 0 Å². The highest BCUT2D eigenvalue weighted by Gasteiger charge is 2.35. The van der Waals surface area contributed by atoms with Crippen molar-refractivity contribution in [2.24, 2.45) is 5.73 Å². The van der Waals surface area contributed by atoms with Crippen LogP contribution in [0.15, 0.2) is 0 Å². The summed E-state index contributed by atoms with van der Waals surface area (Å²) >= 11 is 5.18. The number of aryl methyl sites for hydroxylation is 1. The van der Waals surface area contributed by atoms with Gasteiger partial charge in [-0.2, -0.15) is 5.10 Å². The van der Waals surface area contributed by atoms with Crippen LogP contribution in [0.2, 0.25) is 0 Å². The molecule has 7 heteroatoms. The minimum Gasteiger partial charge on any atom is -0.394 e. The summed E-state index contributed by atoms with van der Waals surface area (Å²) in [6.07, 6.45) is -0.267. The minimum absolute atomic E-state index is 0.0411. The summed E-state index contributed by atoms with van der Waals surface area (Å²) in [4.78, 5) is 2.35. The second-order valence-corrected chi connectivity index (χ2v) is 6.48. The summed E-state index contributed by atoms with van der Waals surface area (Å²) in [7, 11) is 0. The Kier molecular flexibility index (Phi) is 4.46. The van der Waals surface area contributed by atoms with Crippen LogP contribution in [-0.4, -0.2) is 51.7 Å². The molecule has 1 aromatic rings. The van der Waals surface area contributed by atoms with Crippen LogP contribution in [0.4, 0.5) is 5.82 Å². The molecule has 0 amide bonds. The summed E-state index contributed by atoms with van der Waals surface area (Å²) in [5, 5.41) is 17.9. The SMILES string of the molecule is Cc1nnc(N2CC(CO)OC(C)(C)C2)c(C(N)=S)c1C. The Hall–Kier alpha value is -1.31. The van der Waals surface area contributed by atoms with Crippen LogP contribution in [-0.2, 0) is 4.74 Å². The fourth-order valence-corrected chi connectivity index (χ4v) is 2.91. The standard InChI is InChI=1S/C14H22N4O2S/c1-8-9(2)16-17-13(11(8)12(15)21)18-5-10(6-19)20-14(3,4)7-18/h10,19H,5-7H2,1-4H3,(H2,15,21). The molecular weight excluding hydrogens is 288 g/mol. The van der Waals surface area contributed by atoms with Crippen LogP contribution in [0.1, 0.15) is 30.7 Å². The zero-order valence-corrected chi connectivity index (χ0v) is 13.7. The Morgan fingerprint density at radius 1 is 1.48 bits per heavy atom. The second kappa shape index (κ2) is 5.82. The summed E-state index contributed by atoms with van der Waals surface area (Å²) in [6, 6.07) is 0. The molecule has 0 spiro atoms. The lowest BCUT2D eigenvalue weighted by Gasteiger charge is -2.43. The van der Waals surface area contributed by atoms with E-state index in [1.165, 1.54) is 0 Å². The monoisotopic (exact) mass is 310 g/mol. The Morgan fingerprint density at radius 2 is 2.14 bits per heavy atom. The molecule has 1 aliphatic rings. The molecule has 2 heterocycles. The number of aliphatic hydroxyl groups excluding tert-OH is 1. The highest BCUT2D eigenvalue weighted by Crippen LogP contribution is 2.28. The third-order valence-electron chi connectivity index (χ3n) is 3.67. The Labute approximate surface area is 130 Å². The second-order valence-electron chi connectivity index (χ2n) is 6.04. The predicted molar refractivity (Wildman–Crippen MR) is 85.6 cm³/mol. The largest absolute Gasteiger partial charge is 0.394 e. The van der Waals surface area contributed by atoms with Crippen molar-refractivity contribution in [3.05, 3.63) is 16.8 Å². The molecule has 0 aliphatic carbocycles. The number of aromatic nitrogens is 2. The first kappa shape index (κ1) is 16.1. The van der Waals surface area contributed by atoms with Gasteiger partial charge in [-0.05, 0) is 33.3 Å². The quantitative estimate of drug-likeness (QED) is 0.795. The zero-order chi connectivity index (χ0) is 15.8. The van der Waals surface area contributed by atoms with Crippen LogP contribution in [0.5, 0.6) is 0 Å². The van der Waals surface area contributed by atoms with E-state index in [0.717, 1.165) is 16.8 Å². The van der Waals surface area contributed by atoms with Crippen LogP contribution < -0.4 is 10.6 Å². The Morgan fingerprint density at radius 3 is 2.71 bits per heavy atom. The maximum Gasteiger partial charge on any atom is 0.162 e. The lowest BCUT2D eigenvalue weighted by molar-refractivity contribution is -0.101. The van der Waals surface area contributed by atoms with Gasteiger partial charge in [0.05, 0.1) is 29.6 Å². The van der Waals surface area contributed by atoms with Gasteiger partial charge < -0.3 is 20.5 Å². The number of ether oxygens (including phenoxy) is 1. The minimum atomic E-state index is -0.389. The van der Waals surface area contributed by atoms with Gasteiger partial charge in [0.1, 0.15) is 4.99 Å². The van der Waals surface area contributed by atoms with Crippen molar-refractivity contribution < 1.29 is 9.84 Å². The molecule has 2 rings (SSSR count). The molecule has 6 nitrogen and oxygen atoms in total. The third-order valence-corrected chi connectivity index (χ3v) is 3.87. The molecule has 1 atom stereocenters. The molecule has 1 fully saturated rings. The summed E-state index contributed by atoms with van der Waals surface area (Å²) in [5.41, 5.74) is 8.00. The van der Waals surface area contributed by atoms with Crippen molar-refractivity contribution in [2.45, 2.75) is 39.4 Å². The topological polar surface area (TPSA) is 84.5 Å². The number of thiocarbonyl (C=S) groups is 1. The molecule has 1 aliphatic heterocycles. The molecule has 3 N–H and O–H groups in total. The maximum atomic E-state index is 9.43. The van der Waals surface area contributed by atoms with Gasteiger partial charge in [-0.15, -0.1) is 5.10 Å². The third kappa shape index (κ3) is 3.30. The number of anilines is 1. The number of hydrogen-bond acceptors (Lipinski definition) is 6. The van der Waals surface area contributed by atoms with Crippen molar-refractivity contribution in [2.75, 3.05) is 24.6 Å². The number of nitrogens with zero attached hydrogens (tertiary/aromatic N) is 3. The summed E-state index contributed by atoms with van der Waals surface area (Å²) in [6.45, 7) is 8.92. The first-order chi connectivity index (χ1) is 9.75. The summed E-state index contributed by atoms with van der Waals surface area (Å²) < 4.78 is 5.83. The van der Waals surface area contributed by atoms with E-state index in [4.69, 9.17) is 22.7 Å². The molecule has 1 saturated heterocycles. The molecule has 0 saturated carbocycles. The van der Waals surface area contributed by atoms with E-state index in [1.807, 2.05) is 32.6 Å². The Balaban J connectivity index is 2.46. The van der Waals surface area contributed by atoms with Crippen molar-refractivity contribution in [3.8, 4) is 0 Å². The number of hydrogen-bond donors (Lipinski definition) is 2. The lowest BCUT2D eigenvalue weighted by Crippen LogP contribution is -2.54. The van der Waals surface area contributed by atoms with Gasteiger partial charge in [0.15, 0.2) is 5.82 Å². The van der Waals surface area contributed by atoms with E-state index in [1.54, 1.807) is 0 Å². The molecule has 1 aromatic heterocycles. The molecule has 21 heavy (non-hydrogen) atoms. The average Bonchev–Trinajstić information content (AvgIpc) is 2.39. The normalized spacial score (nSPS) is 21.4. The number of aliphatic hydroxyl groups is 1. The average molecular weight is 310 g/mol. The molecule has 0 radical (unpaired) electrons. The molecule has 116 valence electrons. The van der Waals surface area contributed by atoms with E-state index in [0.29, 0.717) is 23.9 Å². The molecule has 0 bridgehead atoms. The van der Waals surface area contributed by atoms with Gasteiger partial charge in [0, 0.05) is 13.1 Å². The lowest BCUT2D eigenvalue weighted by atomic mass is 10.0. The van der Waals surface area contributed by atoms with E-state index in [-0.39, 0.29) is 18.3 Å². The van der Waals surface area contributed by atoms with Crippen molar-refractivity contribution in [1.82, 2.24) is 10.2 Å². The smallest absolute Gasteiger partial charge is 0.162 e. The molecule has 0 aromatic carbocycles. The molecular formula is C14H22N4O2S. The van der Waals surface area contributed by atoms with E-state index in [9.17, 15) is 5.11 Å². The number of nitrogens with two attached hydrogens (primary N) is 1. The van der Waals surface area contributed by atoms with Gasteiger partial charge in [-0.1, -0.05) is 12.2 Å². The number of rotatable bonds is 3. The van der Waals surface area contributed by atoms with Crippen LogP contribution in [0.25, 0.3) is 0 Å².